The summed E-state index contributed by atoms with van der Waals surface area (Å²) in [6, 6.07) is 11.1. The van der Waals surface area contributed by atoms with E-state index in [1.54, 1.807) is 25.1 Å². The molecule has 0 aliphatic rings. The number of nitrogens with zero attached hydrogens (tertiary/aromatic N) is 2. The van der Waals surface area contributed by atoms with E-state index in [0.29, 0.717) is 0 Å². The van der Waals surface area contributed by atoms with Gasteiger partial charge in [0.25, 0.3) is 10.0 Å². The SMILES string of the molecule is CN/C=C(\C#N)C(=O)c1cc2cc(F)c(NC(C)=O)cc2n1S(=O)(=O)c1ccc(C)cc1. The standard InChI is InChI=1S/C22H19FN4O4S/c1-13-4-6-17(7-5-13)32(30,31)27-20-10-19(26-14(2)28)18(23)8-15(20)9-21(27)22(29)16(11-24)12-25-3/h4-10,12,25H,1-3H3,(H,26,28)/b16-12+. The molecule has 0 atom stereocenters. The Hall–Kier alpha value is -3.97. The van der Waals surface area contributed by atoms with Crippen molar-refractivity contribution in [3.05, 3.63) is 71.3 Å². The van der Waals surface area contributed by atoms with E-state index in [1.807, 2.05) is 0 Å². The molecular weight excluding hydrogens is 435 g/mol. The van der Waals surface area contributed by atoms with Gasteiger partial charge in [-0.2, -0.15) is 5.26 Å². The largest absolute Gasteiger partial charge is 0.393 e. The fourth-order valence-electron chi connectivity index (χ4n) is 3.15. The first-order chi connectivity index (χ1) is 15.1. The number of ketones is 1. The highest BCUT2D eigenvalue weighted by molar-refractivity contribution is 7.90. The number of hydrogen-bond donors (Lipinski definition) is 2. The van der Waals surface area contributed by atoms with Gasteiger partial charge in [-0.05, 0) is 37.3 Å². The van der Waals surface area contributed by atoms with Crippen molar-refractivity contribution in [2.75, 3.05) is 12.4 Å². The van der Waals surface area contributed by atoms with E-state index in [2.05, 4.69) is 10.6 Å². The molecule has 2 aromatic carbocycles. The number of rotatable bonds is 6. The quantitative estimate of drug-likeness (QED) is 0.335. The van der Waals surface area contributed by atoms with Gasteiger partial charge in [0.2, 0.25) is 11.7 Å². The second-order valence-electron chi connectivity index (χ2n) is 6.97. The number of carbonyl (C=O) groups is 2. The lowest BCUT2D eigenvalue weighted by Crippen LogP contribution is -2.20. The van der Waals surface area contributed by atoms with Crippen molar-refractivity contribution in [1.82, 2.24) is 9.29 Å². The summed E-state index contributed by atoms with van der Waals surface area (Å²) in [5.41, 5.74) is -0.118. The van der Waals surface area contributed by atoms with E-state index in [-0.39, 0.29) is 32.8 Å². The fraction of sp³-hybridized carbons (Fsp3) is 0.136. The molecule has 0 bridgehead atoms. The summed E-state index contributed by atoms with van der Waals surface area (Å²) in [5, 5.41) is 14.3. The van der Waals surface area contributed by atoms with Crippen LogP contribution in [0.1, 0.15) is 23.0 Å². The van der Waals surface area contributed by atoms with Crippen LogP contribution >= 0.6 is 0 Å². The summed E-state index contributed by atoms with van der Waals surface area (Å²) in [5.74, 6) is -2.22. The lowest BCUT2D eigenvalue weighted by Gasteiger charge is -2.12. The van der Waals surface area contributed by atoms with Gasteiger partial charge in [-0.3, -0.25) is 9.59 Å². The van der Waals surface area contributed by atoms with Crippen molar-refractivity contribution in [2.45, 2.75) is 18.7 Å². The number of aromatic nitrogens is 1. The molecule has 1 amide bonds. The number of Topliss-reactive ketones (excluding diaryl/α,β-unsaturated/α-hetero) is 1. The minimum atomic E-state index is -4.33. The van der Waals surface area contributed by atoms with Gasteiger partial charge in [-0.15, -0.1) is 0 Å². The highest BCUT2D eigenvalue weighted by Crippen LogP contribution is 2.31. The van der Waals surface area contributed by atoms with Crippen LogP contribution < -0.4 is 10.6 Å². The van der Waals surface area contributed by atoms with Gasteiger partial charge in [-0.25, -0.2) is 16.8 Å². The molecule has 1 heterocycles. The Kier molecular flexibility index (Phi) is 6.13. The van der Waals surface area contributed by atoms with Crippen LogP contribution in [0.2, 0.25) is 0 Å². The molecule has 0 unspecified atom stereocenters. The molecule has 0 radical (unpaired) electrons. The monoisotopic (exact) mass is 454 g/mol. The lowest BCUT2D eigenvalue weighted by atomic mass is 10.1. The van der Waals surface area contributed by atoms with Gasteiger partial charge < -0.3 is 10.6 Å². The number of nitrogens with one attached hydrogen (secondary N) is 2. The maximum Gasteiger partial charge on any atom is 0.268 e. The molecule has 0 saturated carbocycles. The van der Waals surface area contributed by atoms with Crippen LogP contribution in [0, 0.1) is 24.1 Å². The molecule has 3 aromatic rings. The number of amides is 1. The first-order valence-electron chi connectivity index (χ1n) is 9.37. The predicted molar refractivity (Wildman–Crippen MR) is 117 cm³/mol. The number of aryl methyl sites for hydroxylation is 1. The normalized spacial score (nSPS) is 11.8. The molecule has 164 valence electrons. The molecule has 32 heavy (non-hydrogen) atoms. The van der Waals surface area contributed by atoms with Crippen LogP contribution in [-0.2, 0) is 14.8 Å². The van der Waals surface area contributed by atoms with Crippen LogP contribution in [0.4, 0.5) is 10.1 Å². The van der Waals surface area contributed by atoms with E-state index in [1.165, 1.54) is 32.2 Å². The summed E-state index contributed by atoms with van der Waals surface area (Å²) < 4.78 is 42.4. The first kappa shape index (κ1) is 22.7. The Bertz CT molecular complexity index is 1410. The maximum absolute atomic E-state index is 14.5. The summed E-state index contributed by atoms with van der Waals surface area (Å²) in [6.07, 6.45) is 1.14. The summed E-state index contributed by atoms with van der Waals surface area (Å²) in [4.78, 5) is 24.4. The smallest absolute Gasteiger partial charge is 0.268 e. The Morgan fingerprint density at radius 3 is 2.38 bits per heavy atom. The average molecular weight is 454 g/mol. The van der Waals surface area contributed by atoms with Crippen molar-refractivity contribution in [1.29, 1.82) is 5.26 Å². The molecule has 0 spiro atoms. The number of nitriles is 1. The average Bonchev–Trinajstić information content (AvgIpc) is 3.10. The number of benzene rings is 2. The number of halogens is 1. The van der Waals surface area contributed by atoms with Crippen LogP contribution in [0.3, 0.4) is 0 Å². The van der Waals surface area contributed by atoms with Crippen molar-refractivity contribution < 1.29 is 22.4 Å². The third-order valence-corrected chi connectivity index (χ3v) is 6.34. The van der Waals surface area contributed by atoms with E-state index in [9.17, 15) is 27.7 Å². The predicted octanol–water partition coefficient (Wildman–Crippen LogP) is 3.09. The highest BCUT2D eigenvalue weighted by Gasteiger charge is 2.29. The van der Waals surface area contributed by atoms with E-state index in [4.69, 9.17) is 0 Å². The molecule has 10 heteroatoms. The van der Waals surface area contributed by atoms with Crippen LogP contribution in [0.5, 0.6) is 0 Å². The van der Waals surface area contributed by atoms with Gasteiger partial charge in [0.15, 0.2) is 0 Å². The second kappa shape index (κ2) is 8.64. The Labute approximate surface area is 184 Å². The van der Waals surface area contributed by atoms with Crippen molar-refractivity contribution in [2.24, 2.45) is 0 Å². The summed E-state index contributed by atoms with van der Waals surface area (Å²) in [7, 11) is -2.84. The second-order valence-corrected chi connectivity index (χ2v) is 8.76. The molecular formula is C22H19FN4O4S. The Morgan fingerprint density at radius 1 is 1.16 bits per heavy atom. The third kappa shape index (κ3) is 4.10. The molecule has 3 rings (SSSR count). The number of fused-ring (bicyclic) bond motifs is 1. The van der Waals surface area contributed by atoms with Gasteiger partial charge >= 0.3 is 0 Å². The molecule has 2 N–H and O–H groups in total. The minimum Gasteiger partial charge on any atom is -0.393 e. The topological polar surface area (TPSA) is 121 Å². The summed E-state index contributed by atoms with van der Waals surface area (Å²) >= 11 is 0. The van der Waals surface area contributed by atoms with Crippen LogP contribution in [-0.4, -0.2) is 31.1 Å². The zero-order chi connectivity index (χ0) is 23.6. The maximum atomic E-state index is 14.5. The van der Waals surface area contributed by atoms with Crippen LogP contribution in [0.15, 0.2) is 59.1 Å². The highest BCUT2D eigenvalue weighted by atomic mass is 32.2. The van der Waals surface area contributed by atoms with Gasteiger partial charge in [0.1, 0.15) is 23.2 Å². The van der Waals surface area contributed by atoms with Crippen molar-refractivity contribution >= 4 is 38.3 Å². The number of carbonyl (C=O) groups excluding carboxylic acids is 2. The number of hydrogen-bond acceptors (Lipinski definition) is 6. The molecule has 0 saturated heterocycles. The van der Waals surface area contributed by atoms with Gasteiger partial charge in [0, 0.05) is 25.6 Å². The van der Waals surface area contributed by atoms with Crippen LogP contribution in [0.25, 0.3) is 10.9 Å². The minimum absolute atomic E-state index is 0.0270. The summed E-state index contributed by atoms with van der Waals surface area (Å²) in [6.45, 7) is 2.98. The van der Waals surface area contributed by atoms with Gasteiger partial charge in [-0.1, -0.05) is 17.7 Å². The number of allylic oxidation sites excluding steroid dienone is 1. The van der Waals surface area contributed by atoms with E-state index < -0.39 is 27.5 Å². The third-order valence-electron chi connectivity index (χ3n) is 4.60. The number of anilines is 1. The Balaban J connectivity index is 2.39. The zero-order valence-corrected chi connectivity index (χ0v) is 18.2. The fourth-order valence-corrected chi connectivity index (χ4v) is 4.66. The lowest BCUT2D eigenvalue weighted by molar-refractivity contribution is -0.114. The zero-order valence-electron chi connectivity index (χ0n) is 17.4. The Morgan fingerprint density at radius 2 is 1.81 bits per heavy atom. The molecule has 0 aliphatic heterocycles. The van der Waals surface area contributed by atoms with Gasteiger partial charge in [0.05, 0.1) is 16.1 Å². The molecule has 0 fully saturated rings. The molecule has 8 nitrogen and oxygen atoms in total. The van der Waals surface area contributed by atoms with E-state index in [0.717, 1.165) is 27.9 Å². The molecule has 0 aliphatic carbocycles. The molecule has 1 aromatic heterocycles. The first-order valence-corrected chi connectivity index (χ1v) is 10.8. The van der Waals surface area contributed by atoms with Crippen molar-refractivity contribution in [3.8, 4) is 6.07 Å². The van der Waals surface area contributed by atoms with Crippen molar-refractivity contribution in [3.63, 3.8) is 0 Å². The van der Waals surface area contributed by atoms with E-state index >= 15 is 0 Å².